The van der Waals surface area contributed by atoms with Gasteiger partial charge >= 0.3 is 5.69 Å². The van der Waals surface area contributed by atoms with Crippen LogP contribution in [0.2, 0.25) is 0 Å². The van der Waals surface area contributed by atoms with E-state index in [9.17, 15) is 14.7 Å². The summed E-state index contributed by atoms with van der Waals surface area (Å²) in [4.78, 5) is 24.5. The first kappa shape index (κ1) is 15.5. The molecule has 5 heteroatoms. The van der Waals surface area contributed by atoms with E-state index in [2.05, 4.69) is 0 Å². The van der Waals surface area contributed by atoms with Crippen molar-refractivity contribution in [3.05, 3.63) is 26.9 Å². The third-order valence-corrected chi connectivity index (χ3v) is 3.76. The SMILES string of the molecule is CCC(CC)n1c(O)cc(=O)n(C(CC)CC)c1=O. The first-order valence-corrected chi connectivity index (χ1v) is 7.08. The molecule has 19 heavy (non-hydrogen) atoms. The molecule has 5 nitrogen and oxygen atoms in total. The van der Waals surface area contributed by atoms with Crippen LogP contribution in [-0.4, -0.2) is 14.2 Å². The maximum absolute atomic E-state index is 12.5. The van der Waals surface area contributed by atoms with E-state index < -0.39 is 11.2 Å². The van der Waals surface area contributed by atoms with E-state index in [0.29, 0.717) is 0 Å². The van der Waals surface area contributed by atoms with Gasteiger partial charge < -0.3 is 5.11 Å². The molecule has 0 saturated carbocycles. The molecule has 0 bridgehead atoms. The van der Waals surface area contributed by atoms with E-state index in [1.807, 2.05) is 27.7 Å². The van der Waals surface area contributed by atoms with Crippen LogP contribution in [0.4, 0.5) is 0 Å². The third kappa shape index (κ3) is 2.91. The van der Waals surface area contributed by atoms with Crippen LogP contribution >= 0.6 is 0 Å². The minimum Gasteiger partial charge on any atom is -0.494 e. The van der Waals surface area contributed by atoms with Crippen LogP contribution in [0, 0.1) is 0 Å². The third-order valence-electron chi connectivity index (χ3n) is 3.76. The molecule has 0 spiro atoms. The number of nitrogens with zero attached hydrogens (tertiary/aromatic N) is 2. The summed E-state index contributed by atoms with van der Waals surface area (Å²) in [5.41, 5.74) is -0.814. The molecule has 0 radical (unpaired) electrons. The van der Waals surface area contributed by atoms with Gasteiger partial charge in [-0.15, -0.1) is 0 Å². The van der Waals surface area contributed by atoms with Gasteiger partial charge in [-0.3, -0.25) is 13.9 Å². The van der Waals surface area contributed by atoms with Gasteiger partial charge in [0, 0.05) is 12.1 Å². The van der Waals surface area contributed by atoms with Gasteiger partial charge in [-0.1, -0.05) is 27.7 Å². The molecule has 0 aliphatic heterocycles. The lowest BCUT2D eigenvalue weighted by molar-refractivity contribution is 0.323. The predicted molar refractivity (Wildman–Crippen MR) is 75.9 cm³/mol. The minimum absolute atomic E-state index is 0.0753. The fourth-order valence-corrected chi connectivity index (χ4v) is 2.54. The highest BCUT2D eigenvalue weighted by atomic mass is 16.3. The van der Waals surface area contributed by atoms with Gasteiger partial charge in [0.05, 0.1) is 6.07 Å². The van der Waals surface area contributed by atoms with Crippen LogP contribution in [-0.2, 0) is 0 Å². The van der Waals surface area contributed by atoms with E-state index in [-0.39, 0.29) is 18.0 Å². The summed E-state index contributed by atoms with van der Waals surface area (Å²) in [7, 11) is 0. The summed E-state index contributed by atoms with van der Waals surface area (Å²) in [5, 5.41) is 9.91. The molecule has 0 saturated heterocycles. The van der Waals surface area contributed by atoms with Crippen molar-refractivity contribution < 1.29 is 5.11 Å². The van der Waals surface area contributed by atoms with Crippen molar-refractivity contribution in [3.63, 3.8) is 0 Å². The Balaban J connectivity index is 3.55. The molecule has 0 aliphatic carbocycles. The lowest BCUT2D eigenvalue weighted by atomic mass is 10.1. The summed E-state index contributed by atoms with van der Waals surface area (Å²) in [6.45, 7) is 7.84. The molecule has 1 aromatic rings. The zero-order chi connectivity index (χ0) is 14.6. The standard InChI is InChI=1S/C14H24N2O3/c1-5-10(6-2)15-12(17)9-13(18)16(14(15)19)11(7-3)8-4/h9-11,17H,5-8H2,1-4H3. The van der Waals surface area contributed by atoms with Crippen LogP contribution in [0.1, 0.15) is 65.5 Å². The maximum atomic E-state index is 12.5. The highest BCUT2D eigenvalue weighted by Gasteiger charge is 2.20. The molecular formula is C14H24N2O3. The van der Waals surface area contributed by atoms with E-state index in [1.54, 1.807) is 0 Å². The molecule has 1 rings (SSSR count). The summed E-state index contributed by atoms with van der Waals surface area (Å²) in [5.74, 6) is -0.231. The average Bonchev–Trinajstić information content (AvgIpc) is 2.39. The van der Waals surface area contributed by atoms with Crippen LogP contribution in [0.3, 0.4) is 0 Å². The first-order valence-electron chi connectivity index (χ1n) is 7.08. The topological polar surface area (TPSA) is 64.2 Å². The summed E-state index contributed by atoms with van der Waals surface area (Å²) < 4.78 is 2.62. The highest BCUT2D eigenvalue weighted by molar-refractivity contribution is 5.09. The van der Waals surface area contributed by atoms with Gasteiger partial charge in [-0.2, -0.15) is 0 Å². The van der Waals surface area contributed by atoms with Crippen LogP contribution in [0.5, 0.6) is 5.88 Å². The zero-order valence-electron chi connectivity index (χ0n) is 12.2. The first-order chi connectivity index (χ1) is 9.01. The van der Waals surface area contributed by atoms with Crippen molar-refractivity contribution in [2.75, 3.05) is 0 Å². The Morgan fingerprint density at radius 3 is 1.79 bits per heavy atom. The fraction of sp³-hybridized carbons (Fsp3) is 0.714. The number of aromatic hydroxyl groups is 1. The largest absolute Gasteiger partial charge is 0.494 e. The Morgan fingerprint density at radius 1 is 0.947 bits per heavy atom. The Labute approximate surface area is 113 Å². The molecule has 1 N–H and O–H groups in total. The lowest BCUT2D eigenvalue weighted by Crippen LogP contribution is -2.42. The molecule has 0 aliphatic rings. The van der Waals surface area contributed by atoms with Crippen LogP contribution in [0.15, 0.2) is 15.7 Å². The fourth-order valence-electron chi connectivity index (χ4n) is 2.54. The van der Waals surface area contributed by atoms with Crippen molar-refractivity contribution in [2.24, 2.45) is 0 Å². The smallest absolute Gasteiger partial charge is 0.334 e. The van der Waals surface area contributed by atoms with Gasteiger partial charge in [-0.05, 0) is 25.7 Å². The Bertz CT molecular complexity index is 522. The van der Waals surface area contributed by atoms with Crippen molar-refractivity contribution in [1.82, 2.24) is 9.13 Å². The number of hydrogen-bond donors (Lipinski definition) is 1. The highest BCUT2D eigenvalue weighted by Crippen LogP contribution is 2.19. The number of rotatable bonds is 6. The molecule has 108 valence electrons. The van der Waals surface area contributed by atoms with Crippen molar-refractivity contribution in [3.8, 4) is 5.88 Å². The Kier molecular flexibility index (Phi) is 5.39. The van der Waals surface area contributed by atoms with Crippen molar-refractivity contribution >= 4 is 0 Å². The van der Waals surface area contributed by atoms with Gasteiger partial charge in [0.1, 0.15) is 0 Å². The number of hydrogen-bond acceptors (Lipinski definition) is 3. The molecular weight excluding hydrogens is 244 g/mol. The minimum atomic E-state index is -0.418. The maximum Gasteiger partial charge on any atom is 0.334 e. The second-order valence-corrected chi connectivity index (χ2v) is 4.80. The van der Waals surface area contributed by atoms with Gasteiger partial charge in [0.25, 0.3) is 5.56 Å². The lowest BCUT2D eigenvalue weighted by Gasteiger charge is -2.22. The summed E-state index contributed by atoms with van der Waals surface area (Å²) in [6, 6.07) is 0.966. The number of aromatic nitrogens is 2. The van der Waals surface area contributed by atoms with E-state index >= 15 is 0 Å². The summed E-state index contributed by atoms with van der Waals surface area (Å²) >= 11 is 0. The zero-order valence-corrected chi connectivity index (χ0v) is 12.2. The monoisotopic (exact) mass is 268 g/mol. The van der Waals surface area contributed by atoms with E-state index in [0.717, 1.165) is 31.7 Å². The molecule has 0 amide bonds. The molecule has 1 heterocycles. The van der Waals surface area contributed by atoms with Gasteiger partial charge in [-0.25, -0.2) is 4.79 Å². The van der Waals surface area contributed by atoms with Gasteiger partial charge in [0.15, 0.2) is 0 Å². The van der Waals surface area contributed by atoms with Crippen molar-refractivity contribution in [2.45, 2.75) is 65.5 Å². The second kappa shape index (κ2) is 6.59. The van der Waals surface area contributed by atoms with Crippen molar-refractivity contribution in [1.29, 1.82) is 0 Å². The molecule has 0 fully saturated rings. The van der Waals surface area contributed by atoms with E-state index in [1.165, 1.54) is 9.13 Å². The molecule has 0 atom stereocenters. The quantitative estimate of drug-likeness (QED) is 0.861. The van der Waals surface area contributed by atoms with Crippen LogP contribution < -0.4 is 11.2 Å². The second-order valence-electron chi connectivity index (χ2n) is 4.80. The normalized spacial score (nSPS) is 11.5. The summed E-state index contributed by atoms with van der Waals surface area (Å²) in [6.07, 6.45) is 2.93. The van der Waals surface area contributed by atoms with Gasteiger partial charge in [0.2, 0.25) is 5.88 Å². The van der Waals surface area contributed by atoms with Crippen LogP contribution in [0.25, 0.3) is 0 Å². The average molecular weight is 268 g/mol. The Hall–Kier alpha value is -1.52. The molecule has 0 unspecified atom stereocenters. The molecule has 1 aromatic heterocycles. The molecule has 0 aromatic carbocycles. The Morgan fingerprint density at radius 2 is 1.37 bits per heavy atom. The predicted octanol–water partition coefficient (Wildman–Crippen LogP) is 2.44. The van der Waals surface area contributed by atoms with E-state index in [4.69, 9.17) is 0 Å².